The topological polar surface area (TPSA) is 70.2 Å². The van der Waals surface area contributed by atoms with E-state index in [1.807, 2.05) is 12.1 Å². The molecular weight excluding hydrogens is 402 g/mol. The van der Waals surface area contributed by atoms with Crippen LogP contribution in [0.4, 0.5) is 5.69 Å². The highest BCUT2D eigenvalue weighted by Crippen LogP contribution is 2.51. The number of morpholine rings is 1. The van der Waals surface area contributed by atoms with Crippen molar-refractivity contribution in [3.8, 4) is 0 Å². The number of sulfonamides is 1. The lowest BCUT2D eigenvalue weighted by atomic mass is 9.91. The minimum atomic E-state index is -3.40. The first-order valence-corrected chi connectivity index (χ1v) is 12.8. The van der Waals surface area contributed by atoms with Gasteiger partial charge in [0.2, 0.25) is 15.9 Å². The van der Waals surface area contributed by atoms with Gasteiger partial charge in [-0.25, -0.2) is 8.42 Å². The molecule has 2 heterocycles. The van der Waals surface area contributed by atoms with Gasteiger partial charge in [0.1, 0.15) is 6.04 Å². The van der Waals surface area contributed by atoms with E-state index in [0.717, 1.165) is 57.6 Å². The van der Waals surface area contributed by atoms with Crippen LogP contribution in [-0.4, -0.2) is 82.3 Å². The summed E-state index contributed by atoms with van der Waals surface area (Å²) >= 11 is 0. The molecule has 7 nitrogen and oxygen atoms in total. The molecule has 1 atom stereocenters. The van der Waals surface area contributed by atoms with Gasteiger partial charge in [0.25, 0.3) is 0 Å². The maximum atomic E-state index is 13.0. The van der Waals surface area contributed by atoms with Crippen molar-refractivity contribution in [2.75, 3.05) is 57.6 Å². The molecule has 1 amide bonds. The summed E-state index contributed by atoms with van der Waals surface area (Å²) in [5.74, 6) is -0.129. The molecule has 2 aliphatic heterocycles. The third-order valence-corrected chi connectivity index (χ3v) is 8.33. The van der Waals surface area contributed by atoms with Gasteiger partial charge in [-0.15, -0.1) is 0 Å². The summed E-state index contributed by atoms with van der Waals surface area (Å²) in [4.78, 5) is 17.2. The smallest absolute Gasteiger partial charge is 0.245 e. The molecule has 3 aliphatic rings. The van der Waals surface area contributed by atoms with Crippen molar-refractivity contribution >= 4 is 21.6 Å². The molecule has 1 unspecified atom stereocenters. The van der Waals surface area contributed by atoms with Gasteiger partial charge in [0.15, 0.2) is 0 Å². The second-order valence-electron chi connectivity index (χ2n) is 8.96. The number of carbonyl (C=O) groups excluding carboxylic acids is 1. The first-order chi connectivity index (χ1) is 14.3. The van der Waals surface area contributed by atoms with Crippen molar-refractivity contribution in [3.63, 3.8) is 0 Å². The molecule has 166 valence electrons. The molecule has 30 heavy (non-hydrogen) atoms. The lowest BCUT2D eigenvalue weighted by Gasteiger charge is -2.36. The summed E-state index contributed by atoms with van der Waals surface area (Å²) in [6, 6.07) is 7.78. The van der Waals surface area contributed by atoms with Crippen LogP contribution in [0.25, 0.3) is 0 Å². The molecule has 1 aliphatic carbocycles. The van der Waals surface area contributed by atoms with E-state index in [4.69, 9.17) is 4.74 Å². The van der Waals surface area contributed by atoms with Gasteiger partial charge in [-0.2, -0.15) is 4.31 Å². The Morgan fingerprint density at radius 2 is 1.80 bits per heavy atom. The van der Waals surface area contributed by atoms with Crippen LogP contribution in [0.2, 0.25) is 0 Å². The number of benzene rings is 1. The quantitative estimate of drug-likeness (QED) is 0.654. The van der Waals surface area contributed by atoms with E-state index in [9.17, 15) is 13.2 Å². The number of nitrogens with zero attached hydrogens (tertiary/aromatic N) is 3. The lowest BCUT2D eigenvalue weighted by Crippen LogP contribution is -2.52. The van der Waals surface area contributed by atoms with Crippen LogP contribution >= 0.6 is 0 Å². The van der Waals surface area contributed by atoms with Gasteiger partial charge in [0, 0.05) is 32.4 Å². The second-order valence-corrected chi connectivity index (χ2v) is 11.0. The number of carbonyl (C=O) groups is 1. The summed E-state index contributed by atoms with van der Waals surface area (Å²) in [5, 5.41) is 0. The van der Waals surface area contributed by atoms with Crippen LogP contribution in [0.3, 0.4) is 0 Å². The van der Waals surface area contributed by atoms with Crippen LogP contribution in [0.1, 0.15) is 37.7 Å². The minimum absolute atomic E-state index is 0.129. The number of hydrogen-bond donors (Lipinski definition) is 0. The van der Waals surface area contributed by atoms with Gasteiger partial charge in [0.05, 0.1) is 19.5 Å². The van der Waals surface area contributed by atoms with Gasteiger partial charge < -0.3 is 9.64 Å². The van der Waals surface area contributed by atoms with Crippen molar-refractivity contribution in [2.24, 2.45) is 0 Å². The fraction of sp³-hybridized carbons (Fsp3) is 0.682. The maximum Gasteiger partial charge on any atom is 0.245 e. The SMILES string of the molecule is CN(C1CCCN(c2ccc(C3(CCN4CCOCC4)CC3)cc2)C1=O)S(C)(=O)=O. The summed E-state index contributed by atoms with van der Waals surface area (Å²) in [6.45, 7) is 5.45. The highest BCUT2D eigenvalue weighted by atomic mass is 32.2. The molecule has 0 spiro atoms. The van der Waals surface area contributed by atoms with E-state index in [2.05, 4.69) is 17.0 Å². The monoisotopic (exact) mass is 435 g/mol. The fourth-order valence-electron chi connectivity index (χ4n) is 4.71. The van der Waals surface area contributed by atoms with Crippen molar-refractivity contribution in [1.82, 2.24) is 9.21 Å². The summed E-state index contributed by atoms with van der Waals surface area (Å²) in [5.41, 5.74) is 2.50. The molecule has 0 radical (unpaired) electrons. The fourth-order valence-corrected chi connectivity index (χ4v) is 5.36. The van der Waals surface area contributed by atoms with Crippen LogP contribution < -0.4 is 4.90 Å². The summed E-state index contributed by atoms with van der Waals surface area (Å²) < 4.78 is 30.5. The van der Waals surface area contributed by atoms with E-state index in [1.54, 1.807) is 4.90 Å². The second kappa shape index (κ2) is 8.57. The van der Waals surface area contributed by atoms with Crippen LogP contribution in [-0.2, 0) is 25.0 Å². The molecule has 0 bridgehead atoms. The van der Waals surface area contributed by atoms with Gasteiger partial charge >= 0.3 is 0 Å². The van der Waals surface area contributed by atoms with Gasteiger partial charge in [-0.1, -0.05) is 12.1 Å². The molecule has 1 saturated carbocycles. The zero-order valence-corrected chi connectivity index (χ0v) is 18.9. The molecule has 2 saturated heterocycles. The number of likely N-dealkylation sites (N-methyl/N-ethyl adjacent to an activating group) is 1. The normalized spacial score (nSPS) is 25.0. The molecule has 0 N–H and O–H groups in total. The van der Waals surface area contributed by atoms with E-state index in [-0.39, 0.29) is 11.3 Å². The minimum Gasteiger partial charge on any atom is -0.379 e. The highest BCUT2D eigenvalue weighted by molar-refractivity contribution is 7.88. The zero-order chi connectivity index (χ0) is 21.4. The van der Waals surface area contributed by atoms with E-state index in [0.29, 0.717) is 13.0 Å². The number of amides is 1. The standard InChI is InChI=1S/C22H33N3O4S/c1-23(30(2,27)28)20-4-3-12-25(21(20)26)19-7-5-18(6-8-19)22(9-10-22)11-13-24-14-16-29-17-15-24/h5-8,20H,3-4,9-17H2,1-2H3. The molecule has 4 rings (SSSR count). The Hall–Kier alpha value is -1.48. The average molecular weight is 436 g/mol. The Labute approximate surface area is 180 Å². The summed E-state index contributed by atoms with van der Waals surface area (Å²) in [7, 11) is -1.90. The summed E-state index contributed by atoms with van der Waals surface area (Å²) in [6.07, 6.45) is 6.13. The first kappa shape index (κ1) is 21.7. The van der Waals surface area contributed by atoms with Gasteiger partial charge in [-0.3, -0.25) is 9.69 Å². The largest absolute Gasteiger partial charge is 0.379 e. The van der Waals surface area contributed by atoms with Crippen molar-refractivity contribution in [1.29, 1.82) is 0 Å². The third kappa shape index (κ3) is 4.56. The van der Waals surface area contributed by atoms with Crippen LogP contribution in [0.5, 0.6) is 0 Å². The molecule has 1 aromatic rings. The lowest BCUT2D eigenvalue weighted by molar-refractivity contribution is -0.123. The first-order valence-electron chi connectivity index (χ1n) is 11.0. The zero-order valence-electron chi connectivity index (χ0n) is 18.0. The average Bonchev–Trinajstić information content (AvgIpc) is 3.53. The molecule has 1 aromatic carbocycles. The van der Waals surface area contributed by atoms with Crippen molar-refractivity contribution < 1.29 is 17.9 Å². The van der Waals surface area contributed by atoms with Crippen molar-refractivity contribution in [2.45, 2.75) is 43.6 Å². The van der Waals surface area contributed by atoms with Crippen LogP contribution in [0.15, 0.2) is 24.3 Å². The number of rotatable bonds is 7. The Balaban J connectivity index is 1.42. The van der Waals surface area contributed by atoms with E-state index in [1.165, 1.54) is 29.8 Å². The Bertz CT molecular complexity index is 861. The predicted octanol–water partition coefficient (Wildman–Crippen LogP) is 1.83. The third-order valence-electron chi connectivity index (χ3n) is 7.03. The number of ether oxygens (including phenoxy) is 1. The Morgan fingerprint density at radius 3 is 2.40 bits per heavy atom. The highest BCUT2D eigenvalue weighted by Gasteiger charge is 2.44. The number of hydrogen-bond acceptors (Lipinski definition) is 5. The molecule has 0 aromatic heterocycles. The van der Waals surface area contributed by atoms with E-state index >= 15 is 0 Å². The molecule has 3 fully saturated rings. The molecular formula is C22H33N3O4S. The van der Waals surface area contributed by atoms with Crippen molar-refractivity contribution in [3.05, 3.63) is 29.8 Å². The number of anilines is 1. The number of piperidine rings is 1. The van der Waals surface area contributed by atoms with Crippen LogP contribution in [0, 0.1) is 0 Å². The Morgan fingerprint density at radius 1 is 1.13 bits per heavy atom. The maximum absolute atomic E-state index is 13.0. The Kier molecular flexibility index (Phi) is 6.21. The molecule has 8 heteroatoms. The van der Waals surface area contributed by atoms with Gasteiger partial charge in [-0.05, 0) is 61.8 Å². The predicted molar refractivity (Wildman–Crippen MR) is 117 cm³/mol. The van der Waals surface area contributed by atoms with E-state index < -0.39 is 16.1 Å².